The lowest BCUT2D eigenvalue weighted by molar-refractivity contribution is -0.384. The van der Waals surface area contributed by atoms with Crippen LogP contribution < -0.4 is 10.3 Å². The van der Waals surface area contributed by atoms with Crippen molar-refractivity contribution in [1.29, 1.82) is 0 Å². The first kappa shape index (κ1) is 28.2. The van der Waals surface area contributed by atoms with Crippen molar-refractivity contribution in [1.82, 2.24) is 14.5 Å². The number of nitro benzene ring substituents is 1. The number of methoxy groups -OCH3 is 1. The zero-order chi connectivity index (χ0) is 28.6. The first-order valence-corrected chi connectivity index (χ1v) is 13.2. The molecule has 0 N–H and O–H groups in total. The Hall–Kier alpha value is -4.79. The Kier molecular flexibility index (Phi) is 9.06. The van der Waals surface area contributed by atoms with Crippen molar-refractivity contribution >= 4 is 28.6 Å². The number of fused-ring (bicyclic) bond motifs is 1. The number of ether oxygens (including phenoxy) is 1. The van der Waals surface area contributed by atoms with Gasteiger partial charge in [0.25, 0.3) is 11.2 Å². The van der Waals surface area contributed by atoms with Gasteiger partial charge in [-0.25, -0.2) is 4.98 Å². The second kappa shape index (κ2) is 12.8. The molecular weight excluding hydrogens is 508 g/mol. The zero-order valence-electron chi connectivity index (χ0n) is 22.8. The molecule has 0 bridgehead atoms. The summed E-state index contributed by atoms with van der Waals surface area (Å²) in [6.45, 7) is 4.42. The number of carbonyl (C=O) groups excluding carboxylic acids is 1. The van der Waals surface area contributed by atoms with E-state index in [4.69, 9.17) is 9.72 Å². The van der Waals surface area contributed by atoms with Crippen LogP contribution in [0.3, 0.4) is 0 Å². The van der Waals surface area contributed by atoms with Crippen LogP contribution in [0.1, 0.15) is 50.5 Å². The van der Waals surface area contributed by atoms with E-state index in [1.54, 1.807) is 60.6 Å². The number of para-hydroxylation sites is 3. The molecule has 1 heterocycles. The molecule has 9 heteroatoms. The first-order valence-electron chi connectivity index (χ1n) is 13.2. The highest BCUT2D eigenvalue weighted by molar-refractivity contribution is 5.92. The van der Waals surface area contributed by atoms with Crippen LogP contribution in [0.2, 0.25) is 0 Å². The van der Waals surface area contributed by atoms with Crippen molar-refractivity contribution in [2.24, 2.45) is 0 Å². The molecule has 1 amide bonds. The van der Waals surface area contributed by atoms with Gasteiger partial charge < -0.3 is 9.64 Å². The van der Waals surface area contributed by atoms with Gasteiger partial charge in [-0.3, -0.25) is 24.3 Å². The summed E-state index contributed by atoms with van der Waals surface area (Å²) < 4.78 is 7.11. The lowest BCUT2D eigenvalue weighted by Gasteiger charge is -2.30. The van der Waals surface area contributed by atoms with Crippen LogP contribution in [0.25, 0.3) is 22.7 Å². The number of nitro groups is 1. The van der Waals surface area contributed by atoms with Crippen molar-refractivity contribution < 1.29 is 14.5 Å². The summed E-state index contributed by atoms with van der Waals surface area (Å²) in [5.41, 5.74) is 1.48. The topological polar surface area (TPSA) is 108 Å². The Morgan fingerprint density at radius 2 is 1.77 bits per heavy atom. The number of aromatic nitrogens is 2. The van der Waals surface area contributed by atoms with Crippen molar-refractivity contribution in [2.45, 2.75) is 39.2 Å². The number of nitrogens with zero attached hydrogens (tertiary/aromatic N) is 4. The third-order valence-electron chi connectivity index (χ3n) is 6.78. The van der Waals surface area contributed by atoms with E-state index >= 15 is 0 Å². The van der Waals surface area contributed by atoms with Crippen molar-refractivity contribution in [3.63, 3.8) is 0 Å². The molecule has 0 aliphatic heterocycles. The van der Waals surface area contributed by atoms with Crippen molar-refractivity contribution in [3.05, 3.63) is 111 Å². The number of carbonyl (C=O) groups is 1. The quantitative estimate of drug-likeness (QED) is 0.0985. The molecule has 0 radical (unpaired) electrons. The minimum absolute atomic E-state index is 0.0185. The molecule has 1 aromatic heterocycles. The molecule has 3 aromatic carbocycles. The number of benzene rings is 3. The summed E-state index contributed by atoms with van der Waals surface area (Å²) in [5, 5.41) is 11.4. The van der Waals surface area contributed by atoms with Gasteiger partial charge >= 0.3 is 0 Å². The second-order valence-electron chi connectivity index (χ2n) is 9.40. The van der Waals surface area contributed by atoms with Crippen LogP contribution >= 0.6 is 0 Å². The molecule has 1 atom stereocenters. The van der Waals surface area contributed by atoms with Gasteiger partial charge in [0.1, 0.15) is 11.6 Å². The average Bonchev–Trinajstić information content (AvgIpc) is 2.98. The van der Waals surface area contributed by atoms with E-state index in [2.05, 4.69) is 6.92 Å². The Morgan fingerprint density at radius 1 is 1.07 bits per heavy atom. The number of hydrogen-bond donors (Lipinski definition) is 0. The fourth-order valence-electron chi connectivity index (χ4n) is 4.61. The van der Waals surface area contributed by atoms with Crippen LogP contribution in [0.4, 0.5) is 5.69 Å². The first-order chi connectivity index (χ1) is 19.3. The summed E-state index contributed by atoms with van der Waals surface area (Å²) in [4.78, 5) is 44.6. The Balaban J connectivity index is 1.79. The lowest BCUT2D eigenvalue weighted by atomic mass is 10.1. The van der Waals surface area contributed by atoms with Gasteiger partial charge in [-0.1, -0.05) is 44.0 Å². The molecule has 1 unspecified atom stereocenters. The molecule has 0 aliphatic rings. The molecule has 9 nitrogen and oxygen atoms in total. The normalized spacial score (nSPS) is 12.0. The van der Waals surface area contributed by atoms with Crippen LogP contribution in [-0.2, 0) is 4.79 Å². The number of non-ortho nitro benzene ring substituents is 1. The van der Waals surface area contributed by atoms with E-state index in [0.717, 1.165) is 19.3 Å². The minimum Gasteiger partial charge on any atom is -0.495 e. The van der Waals surface area contributed by atoms with Crippen LogP contribution in [0.15, 0.2) is 83.7 Å². The largest absolute Gasteiger partial charge is 0.495 e. The molecule has 0 fully saturated rings. The maximum atomic E-state index is 13.9. The molecule has 0 aliphatic carbocycles. The summed E-state index contributed by atoms with van der Waals surface area (Å²) in [6.07, 6.45) is 5.79. The molecule has 0 spiro atoms. The number of amides is 1. The fraction of sp³-hybridized carbons (Fsp3) is 0.258. The van der Waals surface area contributed by atoms with Gasteiger partial charge in [0.2, 0.25) is 5.91 Å². The molecule has 0 saturated heterocycles. The molecule has 0 saturated carbocycles. The highest BCUT2D eigenvalue weighted by Crippen LogP contribution is 2.28. The number of hydrogen-bond acceptors (Lipinski definition) is 6. The highest BCUT2D eigenvalue weighted by atomic mass is 16.6. The second-order valence-corrected chi connectivity index (χ2v) is 9.40. The van der Waals surface area contributed by atoms with Crippen molar-refractivity contribution in [3.8, 4) is 11.4 Å². The molecule has 4 rings (SSSR count). The van der Waals surface area contributed by atoms with Gasteiger partial charge in [-0.2, -0.15) is 0 Å². The van der Waals surface area contributed by atoms with Gasteiger partial charge in [0.05, 0.1) is 34.7 Å². The predicted molar refractivity (Wildman–Crippen MR) is 156 cm³/mol. The maximum absolute atomic E-state index is 13.9. The van der Waals surface area contributed by atoms with E-state index in [9.17, 15) is 19.7 Å². The number of rotatable bonds is 11. The molecule has 40 heavy (non-hydrogen) atoms. The number of unbranched alkanes of at least 4 members (excludes halogenated alkanes) is 2. The van der Waals surface area contributed by atoms with Gasteiger partial charge in [-0.15, -0.1) is 0 Å². The zero-order valence-corrected chi connectivity index (χ0v) is 22.8. The standard InChI is InChI=1S/C31H32N4O5/c1-4-5-10-21-33(29(36)20-17-23-15-18-24(19-16-23)35(38)39)22(2)30-32-26-12-7-6-11-25(26)31(37)34(30)27-13-8-9-14-28(27)40-3/h6-9,11-20,22H,4-5,10,21H2,1-3H3/b20-17+. The predicted octanol–water partition coefficient (Wildman–Crippen LogP) is 6.10. The van der Waals surface area contributed by atoms with E-state index in [1.165, 1.54) is 22.8 Å². The summed E-state index contributed by atoms with van der Waals surface area (Å²) >= 11 is 0. The van der Waals surface area contributed by atoms with E-state index in [0.29, 0.717) is 40.3 Å². The fourth-order valence-corrected chi connectivity index (χ4v) is 4.61. The van der Waals surface area contributed by atoms with E-state index < -0.39 is 11.0 Å². The van der Waals surface area contributed by atoms with Gasteiger partial charge in [0.15, 0.2) is 0 Å². The van der Waals surface area contributed by atoms with Crippen LogP contribution in [0, 0.1) is 10.1 Å². The summed E-state index contributed by atoms with van der Waals surface area (Å²) in [5.74, 6) is 0.676. The molecule has 206 valence electrons. The average molecular weight is 541 g/mol. The summed E-state index contributed by atoms with van der Waals surface area (Å²) in [7, 11) is 1.55. The lowest BCUT2D eigenvalue weighted by Crippen LogP contribution is -2.37. The third kappa shape index (κ3) is 6.09. The molecule has 4 aromatic rings. The van der Waals surface area contributed by atoms with Gasteiger partial charge in [-0.05, 0) is 61.4 Å². The SMILES string of the molecule is CCCCCN(C(=O)/C=C/c1ccc([N+](=O)[O-])cc1)C(C)c1nc2ccccc2c(=O)n1-c1ccccc1OC. The minimum atomic E-state index is -0.562. The Morgan fingerprint density at radius 3 is 2.48 bits per heavy atom. The van der Waals surface area contributed by atoms with Gasteiger partial charge in [0, 0.05) is 24.8 Å². The Bertz CT molecular complexity index is 1590. The monoisotopic (exact) mass is 540 g/mol. The van der Waals surface area contributed by atoms with Crippen molar-refractivity contribution in [2.75, 3.05) is 13.7 Å². The van der Waals surface area contributed by atoms with Crippen LogP contribution in [-0.4, -0.2) is 38.9 Å². The van der Waals surface area contributed by atoms with E-state index in [-0.39, 0.29) is 17.2 Å². The Labute approximate surface area is 232 Å². The molecular formula is C31H32N4O5. The van der Waals surface area contributed by atoms with E-state index in [1.807, 2.05) is 25.1 Å². The maximum Gasteiger partial charge on any atom is 0.269 e. The highest BCUT2D eigenvalue weighted by Gasteiger charge is 2.26. The smallest absolute Gasteiger partial charge is 0.269 e. The summed E-state index contributed by atoms with van der Waals surface area (Å²) in [6, 6.07) is 19.8. The third-order valence-corrected chi connectivity index (χ3v) is 6.78. The van der Waals surface area contributed by atoms with Crippen LogP contribution in [0.5, 0.6) is 5.75 Å².